The number of ether oxygens (including phenoxy) is 1. The van der Waals surface area contributed by atoms with Crippen molar-refractivity contribution in [3.63, 3.8) is 0 Å². The summed E-state index contributed by atoms with van der Waals surface area (Å²) in [6.07, 6.45) is 0. The van der Waals surface area contributed by atoms with Gasteiger partial charge in [-0.2, -0.15) is 0 Å². The Labute approximate surface area is 180 Å². The highest BCUT2D eigenvalue weighted by Gasteiger charge is 2.22. The Hall–Kier alpha value is -2.99. The summed E-state index contributed by atoms with van der Waals surface area (Å²) in [5.41, 5.74) is 1.74. The highest BCUT2D eigenvalue weighted by atomic mass is 35.5. The molecule has 0 unspecified atom stereocenters. The highest BCUT2D eigenvalue weighted by Crippen LogP contribution is 2.24. The molecule has 30 heavy (non-hydrogen) atoms. The number of aryl methyl sites for hydroxylation is 1. The number of anilines is 1. The van der Waals surface area contributed by atoms with E-state index >= 15 is 0 Å². The molecule has 1 aliphatic heterocycles. The van der Waals surface area contributed by atoms with Gasteiger partial charge in [-0.3, -0.25) is 9.59 Å². The summed E-state index contributed by atoms with van der Waals surface area (Å²) in [5.74, 6) is 0.371. The van der Waals surface area contributed by atoms with Crippen LogP contribution in [0.5, 0.6) is 5.75 Å². The smallest absolute Gasteiger partial charge is 0.260 e. The standard InChI is InChI=1S/C23H24ClN3O3/c1-2-27-20-9-4-3-8-19(20)21(15-22(27)28)30-16-23(29)26-12-10-25(11-13-26)18-7-5-6-17(24)14-18/h3-9,14-15H,2,10-13,16H2,1H3. The van der Waals surface area contributed by atoms with Gasteiger partial charge in [-0.1, -0.05) is 29.8 Å². The average molecular weight is 426 g/mol. The lowest BCUT2D eigenvalue weighted by molar-refractivity contribution is -0.133. The van der Waals surface area contributed by atoms with Gasteiger partial charge in [0.2, 0.25) is 0 Å². The molecule has 1 aromatic heterocycles. The molecule has 1 fully saturated rings. The Kier molecular flexibility index (Phi) is 5.95. The molecule has 0 saturated carbocycles. The van der Waals surface area contributed by atoms with Gasteiger partial charge >= 0.3 is 0 Å². The van der Waals surface area contributed by atoms with Gasteiger partial charge < -0.3 is 19.1 Å². The van der Waals surface area contributed by atoms with Gasteiger partial charge in [0.05, 0.1) is 5.52 Å². The summed E-state index contributed by atoms with van der Waals surface area (Å²) in [7, 11) is 0. The van der Waals surface area contributed by atoms with E-state index in [0.717, 1.165) is 29.7 Å². The largest absolute Gasteiger partial charge is 0.483 e. The number of carbonyl (C=O) groups excluding carboxylic acids is 1. The molecule has 2 aromatic carbocycles. The number of halogens is 1. The molecule has 0 atom stereocenters. The van der Waals surface area contributed by atoms with Gasteiger partial charge in [-0.25, -0.2) is 0 Å². The second-order valence-electron chi connectivity index (χ2n) is 7.24. The first-order chi connectivity index (χ1) is 14.6. The number of hydrogen-bond acceptors (Lipinski definition) is 4. The quantitative estimate of drug-likeness (QED) is 0.628. The molecule has 0 N–H and O–H groups in total. The molecule has 0 spiro atoms. The van der Waals surface area contributed by atoms with E-state index in [1.54, 1.807) is 9.47 Å². The van der Waals surface area contributed by atoms with Crippen molar-refractivity contribution in [3.8, 4) is 5.75 Å². The lowest BCUT2D eigenvalue weighted by Gasteiger charge is -2.36. The number of piperazine rings is 1. The number of aromatic nitrogens is 1. The number of hydrogen-bond donors (Lipinski definition) is 0. The molecule has 3 aromatic rings. The van der Waals surface area contributed by atoms with E-state index in [9.17, 15) is 9.59 Å². The van der Waals surface area contributed by atoms with E-state index in [2.05, 4.69) is 4.90 Å². The van der Waals surface area contributed by atoms with Crippen LogP contribution in [0.15, 0.2) is 59.4 Å². The summed E-state index contributed by atoms with van der Waals surface area (Å²) < 4.78 is 7.50. The van der Waals surface area contributed by atoms with E-state index < -0.39 is 0 Å². The predicted molar refractivity (Wildman–Crippen MR) is 120 cm³/mol. The number of carbonyl (C=O) groups is 1. The molecule has 2 heterocycles. The van der Waals surface area contributed by atoms with Crippen LogP contribution in [0.4, 0.5) is 5.69 Å². The van der Waals surface area contributed by atoms with Gasteiger partial charge in [0.1, 0.15) is 5.75 Å². The van der Waals surface area contributed by atoms with Gasteiger partial charge in [0.15, 0.2) is 6.61 Å². The zero-order valence-electron chi connectivity index (χ0n) is 16.9. The van der Waals surface area contributed by atoms with E-state index in [-0.39, 0.29) is 18.1 Å². The van der Waals surface area contributed by atoms with Crippen LogP contribution in [0.2, 0.25) is 5.02 Å². The number of benzene rings is 2. The fourth-order valence-corrected chi connectivity index (χ4v) is 4.05. The second kappa shape index (κ2) is 8.79. The molecular formula is C23H24ClN3O3. The van der Waals surface area contributed by atoms with Crippen molar-refractivity contribution < 1.29 is 9.53 Å². The van der Waals surface area contributed by atoms with Crippen LogP contribution in [0.25, 0.3) is 10.9 Å². The summed E-state index contributed by atoms with van der Waals surface area (Å²) in [5, 5.41) is 1.54. The Morgan fingerprint density at radius 1 is 1.03 bits per heavy atom. The minimum absolute atomic E-state index is 0.0792. The minimum atomic E-state index is -0.131. The second-order valence-corrected chi connectivity index (χ2v) is 7.68. The summed E-state index contributed by atoms with van der Waals surface area (Å²) in [6, 6.07) is 16.8. The first kappa shape index (κ1) is 20.3. The number of nitrogens with zero attached hydrogens (tertiary/aromatic N) is 3. The van der Waals surface area contributed by atoms with Gasteiger partial charge in [0, 0.05) is 54.9 Å². The zero-order chi connectivity index (χ0) is 21.1. The van der Waals surface area contributed by atoms with E-state index in [1.165, 1.54) is 6.07 Å². The van der Waals surface area contributed by atoms with Crippen LogP contribution in [0, 0.1) is 0 Å². The van der Waals surface area contributed by atoms with Gasteiger partial charge in [0.25, 0.3) is 11.5 Å². The Morgan fingerprint density at radius 2 is 1.80 bits per heavy atom. The molecule has 1 aliphatic rings. The van der Waals surface area contributed by atoms with Crippen LogP contribution in [-0.4, -0.2) is 48.2 Å². The summed E-state index contributed by atoms with van der Waals surface area (Å²) in [6.45, 7) is 5.13. The van der Waals surface area contributed by atoms with Crippen LogP contribution in [0.1, 0.15) is 6.92 Å². The molecule has 0 bridgehead atoms. The lowest BCUT2D eigenvalue weighted by atomic mass is 10.2. The average Bonchev–Trinajstić information content (AvgIpc) is 2.77. The molecule has 0 aliphatic carbocycles. The zero-order valence-corrected chi connectivity index (χ0v) is 17.6. The maximum atomic E-state index is 12.7. The number of amides is 1. The Balaban J connectivity index is 1.41. The summed E-state index contributed by atoms with van der Waals surface area (Å²) in [4.78, 5) is 29.1. The number of pyridine rings is 1. The van der Waals surface area contributed by atoms with Crippen molar-refractivity contribution in [3.05, 3.63) is 70.0 Å². The van der Waals surface area contributed by atoms with Crippen LogP contribution in [0.3, 0.4) is 0 Å². The lowest BCUT2D eigenvalue weighted by Crippen LogP contribution is -2.50. The van der Waals surface area contributed by atoms with Crippen molar-refractivity contribution in [2.24, 2.45) is 0 Å². The molecule has 1 amide bonds. The number of rotatable bonds is 5. The molecule has 1 saturated heterocycles. The highest BCUT2D eigenvalue weighted by molar-refractivity contribution is 6.30. The molecule has 7 heteroatoms. The molecule has 4 rings (SSSR count). The third-order valence-electron chi connectivity index (χ3n) is 5.45. The van der Waals surface area contributed by atoms with Crippen molar-refractivity contribution in [2.45, 2.75) is 13.5 Å². The van der Waals surface area contributed by atoms with E-state index in [4.69, 9.17) is 16.3 Å². The number of fused-ring (bicyclic) bond motifs is 1. The SMILES string of the molecule is CCn1c(=O)cc(OCC(=O)N2CCN(c3cccc(Cl)c3)CC2)c2ccccc21. The maximum absolute atomic E-state index is 12.7. The Morgan fingerprint density at radius 3 is 2.53 bits per heavy atom. The van der Waals surface area contributed by atoms with Crippen molar-refractivity contribution in [2.75, 3.05) is 37.7 Å². The predicted octanol–water partition coefficient (Wildman–Crippen LogP) is 3.40. The molecule has 156 valence electrons. The maximum Gasteiger partial charge on any atom is 0.260 e. The monoisotopic (exact) mass is 425 g/mol. The van der Waals surface area contributed by atoms with E-state index in [0.29, 0.717) is 30.4 Å². The fraction of sp³-hybridized carbons (Fsp3) is 0.304. The first-order valence-corrected chi connectivity index (χ1v) is 10.5. The fourth-order valence-electron chi connectivity index (χ4n) is 3.87. The van der Waals surface area contributed by atoms with Gasteiger partial charge in [-0.15, -0.1) is 0 Å². The van der Waals surface area contributed by atoms with Crippen LogP contribution < -0.4 is 15.2 Å². The van der Waals surface area contributed by atoms with Crippen LogP contribution in [-0.2, 0) is 11.3 Å². The molecule has 6 nitrogen and oxygen atoms in total. The minimum Gasteiger partial charge on any atom is -0.483 e. The molecule has 0 radical (unpaired) electrons. The van der Waals surface area contributed by atoms with Crippen molar-refractivity contribution >= 4 is 34.1 Å². The normalized spacial score (nSPS) is 14.2. The van der Waals surface area contributed by atoms with Gasteiger partial charge in [-0.05, 0) is 37.3 Å². The Bertz CT molecular complexity index is 1120. The third kappa shape index (κ3) is 4.14. The van der Waals surface area contributed by atoms with Crippen molar-refractivity contribution in [1.82, 2.24) is 9.47 Å². The molecular weight excluding hydrogens is 402 g/mol. The first-order valence-electron chi connectivity index (χ1n) is 10.1. The number of para-hydroxylation sites is 1. The summed E-state index contributed by atoms with van der Waals surface area (Å²) >= 11 is 6.08. The third-order valence-corrected chi connectivity index (χ3v) is 5.69. The topological polar surface area (TPSA) is 54.8 Å². The van der Waals surface area contributed by atoms with E-state index in [1.807, 2.05) is 55.5 Å². The van der Waals surface area contributed by atoms with Crippen LogP contribution >= 0.6 is 11.6 Å². The van der Waals surface area contributed by atoms with Crippen molar-refractivity contribution in [1.29, 1.82) is 0 Å².